The number of aryl methyl sites for hydroxylation is 1. The van der Waals surface area contributed by atoms with Gasteiger partial charge in [0.1, 0.15) is 11.3 Å². The number of aromatic nitrogens is 4. The van der Waals surface area contributed by atoms with Crippen LogP contribution in [0.25, 0.3) is 22.6 Å². The van der Waals surface area contributed by atoms with Crippen LogP contribution in [0.4, 0.5) is 5.95 Å². The predicted octanol–water partition coefficient (Wildman–Crippen LogP) is 5.18. The van der Waals surface area contributed by atoms with Gasteiger partial charge in [-0.2, -0.15) is 4.98 Å². The van der Waals surface area contributed by atoms with E-state index < -0.39 is 0 Å². The van der Waals surface area contributed by atoms with Crippen molar-refractivity contribution in [2.45, 2.75) is 25.3 Å². The summed E-state index contributed by atoms with van der Waals surface area (Å²) in [7, 11) is 1.94. The first-order chi connectivity index (χ1) is 16.0. The van der Waals surface area contributed by atoms with Crippen LogP contribution < -0.4 is 10.6 Å². The van der Waals surface area contributed by atoms with Crippen LogP contribution in [0.5, 0.6) is 0 Å². The van der Waals surface area contributed by atoms with Crippen molar-refractivity contribution in [2.24, 2.45) is 18.2 Å². The van der Waals surface area contributed by atoms with Crippen LogP contribution in [0.15, 0.2) is 48.7 Å². The van der Waals surface area contributed by atoms with Crippen molar-refractivity contribution < 1.29 is 0 Å². The second-order valence-corrected chi connectivity index (χ2v) is 9.96. The Hall–Kier alpha value is -2.67. The van der Waals surface area contributed by atoms with Gasteiger partial charge in [-0.1, -0.05) is 53.5 Å². The number of imidazole rings is 1. The zero-order valence-corrected chi connectivity index (χ0v) is 19.8. The van der Waals surface area contributed by atoms with Gasteiger partial charge in [-0.15, -0.1) is 0 Å². The van der Waals surface area contributed by atoms with Gasteiger partial charge in [0, 0.05) is 31.7 Å². The number of hydrogen-bond acceptors (Lipinski definition) is 5. The Labute approximate surface area is 202 Å². The van der Waals surface area contributed by atoms with Crippen LogP contribution in [-0.4, -0.2) is 32.6 Å². The fourth-order valence-electron chi connectivity index (χ4n) is 5.50. The van der Waals surface area contributed by atoms with Gasteiger partial charge >= 0.3 is 0 Å². The largest absolute Gasteiger partial charge is 0.341 e. The summed E-state index contributed by atoms with van der Waals surface area (Å²) in [6.45, 7) is 1.77. The molecule has 1 saturated heterocycles. The molecule has 0 amide bonds. The van der Waals surface area contributed by atoms with Gasteiger partial charge in [0.2, 0.25) is 5.95 Å². The molecule has 0 unspecified atom stereocenters. The first kappa shape index (κ1) is 20.9. The fourth-order valence-corrected chi connectivity index (χ4v) is 5.88. The lowest BCUT2D eigenvalue weighted by molar-refractivity contribution is 0.187. The molecule has 2 aromatic heterocycles. The molecule has 6 rings (SSSR count). The smallest absolute Gasteiger partial charge is 0.227 e. The van der Waals surface area contributed by atoms with E-state index >= 15 is 0 Å². The van der Waals surface area contributed by atoms with Crippen LogP contribution in [0.1, 0.15) is 30.0 Å². The number of rotatable bonds is 2. The molecule has 2 N–H and O–H groups in total. The Morgan fingerprint density at radius 2 is 1.82 bits per heavy atom. The van der Waals surface area contributed by atoms with E-state index in [0.29, 0.717) is 10.0 Å². The number of anilines is 1. The maximum atomic E-state index is 6.73. The van der Waals surface area contributed by atoms with E-state index in [0.717, 1.165) is 60.9 Å². The van der Waals surface area contributed by atoms with E-state index in [1.54, 1.807) is 12.3 Å². The van der Waals surface area contributed by atoms with Crippen LogP contribution in [0.2, 0.25) is 10.0 Å². The third-order valence-electron chi connectivity index (χ3n) is 7.43. The lowest BCUT2D eigenvalue weighted by Gasteiger charge is -2.42. The third kappa shape index (κ3) is 3.23. The van der Waals surface area contributed by atoms with Crippen molar-refractivity contribution in [3.63, 3.8) is 0 Å². The number of nitrogens with zero attached hydrogens (tertiary/aromatic N) is 5. The summed E-state index contributed by atoms with van der Waals surface area (Å²) in [4.78, 5) is 16.5. The Morgan fingerprint density at radius 1 is 1.03 bits per heavy atom. The topological polar surface area (TPSA) is 72.9 Å². The number of nitrogens with two attached hydrogens (primary N) is 1. The lowest BCUT2D eigenvalue weighted by atomic mass is 9.73. The summed E-state index contributed by atoms with van der Waals surface area (Å²) < 4.78 is 1.95. The molecule has 6 nitrogen and oxygen atoms in total. The molecule has 2 aromatic carbocycles. The number of halogens is 2. The molecule has 2 aliphatic rings. The number of hydrogen-bond donors (Lipinski definition) is 1. The summed E-state index contributed by atoms with van der Waals surface area (Å²) in [6.07, 6.45) is 4.91. The van der Waals surface area contributed by atoms with Gasteiger partial charge in [-0.05, 0) is 47.9 Å². The zero-order valence-electron chi connectivity index (χ0n) is 18.3. The van der Waals surface area contributed by atoms with Crippen LogP contribution in [0, 0.1) is 5.41 Å². The zero-order chi connectivity index (χ0) is 22.7. The highest BCUT2D eigenvalue weighted by Gasteiger charge is 2.46. The molecular weight excluding hydrogens is 455 g/mol. The molecule has 168 valence electrons. The molecule has 33 heavy (non-hydrogen) atoms. The molecule has 1 atom stereocenters. The van der Waals surface area contributed by atoms with Crippen molar-refractivity contribution in [2.75, 3.05) is 18.0 Å². The monoisotopic (exact) mass is 478 g/mol. The molecule has 1 spiro atoms. The van der Waals surface area contributed by atoms with E-state index in [1.165, 1.54) is 11.1 Å². The Balaban J connectivity index is 1.28. The minimum absolute atomic E-state index is 0.0984. The van der Waals surface area contributed by atoms with Gasteiger partial charge in [0.05, 0.1) is 16.2 Å². The number of piperidine rings is 1. The summed E-state index contributed by atoms with van der Waals surface area (Å²) in [6, 6.07) is 14.3. The van der Waals surface area contributed by atoms with Gasteiger partial charge in [-0.3, -0.25) is 0 Å². The van der Waals surface area contributed by atoms with Crippen molar-refractivity contribution in [3.8, 4) is 11.4 Å². The molecule has 0 bridgehead atoms. The fraction of sp³-hybridized carbons (Fsp3) is 0.320. The highest BCUT2D eigenvalue weighted by atomic mass is 35.5. The second-order valence-electron chi connectivity index (χ2n) is 9.18. The summed E-state index contributed by atoms with van der Waals surface area (Å²) in [5, 5.41) is 0.989. The van der Waals surface area contributed by atoms with E-state index in [4.69, 9.17) is 38.9 Å². The standard InChI is InChI=1S/C25H24Cl2N6/c1-32-22(17-7-4-8-18(26)20(17)27)30-19-14-29-24(31-23(19)32)33-11-9-25(10-12-33)13-15-5-2-3-6-16(15)21(25)28/h2-8,14,21H,9-13,28H2,1H3/t21-/m1/s1. The molecular formula is C25H24Cl2N6. The van der Waals surface area contributed by atoms with Crippen molar-refractivity contribution >= 4 is 40.3 Å². The number of benzene rings is 2. The molecule has 3 heterocycles. The Bertz CT molecular complexity index is 1370. The molecule has 8 heteroatoms. The van der Waals surface area contributed by atoms with Crippen LogP contribution in [-0.2, 0) is 13.5 Å². The Morgan fingerprint density at radius 3 is 2.61 bits per heavy atom. The predicted molar refractivity (Wildman–Crippen MR) is 133 cm³/mol. The lowest BCUT2D eigenvalue weighted by Crippen LogP contribution is -2.44. The van der Waals surface area contributed by atoms with Crippen LogP contribution >= 0.6 is 23.2 Å². The summed E-state index contributed by atoms with van der Waals surface area (Å²) in [5.41, 5.74) is 11.9. The van der Waals surface area contributed by atoms with Gasteiger partial charge in [0.25, 0.3) is 0 Å². The van der Waals surface area contributed by atoms with Crippen molar-refractivity contribution in [3.05, 3.63) is 69.8 Å². The van der Waals surface area contributed by atoms with E-state index in [-0.39, 0.29) is 11.5 Å². The molecule has 0 radical (unpaired) electrons. The maximum absolute atomic E-state index is 6.73. The molecule has 1 aliphatic carbocycles. The summed E-state index contributed by atoms with van der Waals surface area (Å²) >= 11 is 12.7. The Kier molecular flexibility index (Phi) is 4.87. The normalized spacial score (nSPS) is 19.4. The van der Waals surface area contributed by atoms with Gasteiger partial charge in [0.15, 0.2) is 5.65 Å². The highest BCUT2D eigenvalue weighted by Crippen LogP contribution is 2.50. The average molecular weight is 479 g/mol. The second kappa shape index (κ2) is 7.69. The van der Waals surface area contributed by atoms with E-state index in [2.05, 4.69) is 34.1 Å². The first-order valence-electron chi connectivity index (χ1n) is 11.2. The average Bonchev–Trinajstić information content (AvgIpc) is 3.30. The SMILES string of the molecule is Cn1c(-c2cccc(Cl)c2Cl)nc2cnc(N3CCC4(CC3)Cc3ccccc3[C@H]4N)nc21. The highest BCUT2D eigenvalue weighted by molar-refractivity contribution is 6.43. The van der Waals surface area contributed by atoms with Crippen molar-refractivity contribution in [1.29, 1.82) is 0 Å². The number of fused-ring (bicyclic) bond motifs is 2. The minimum atomic E-state index is 0.0984. The minimum Gasteiger partial charge on any atom is -0.341 e. The van der Waals surface area contributed by atoms with Gasteiger partial charge < -0.3 is 15.2 Å². The van der Waals surface area contributed by atoms with Gasteiger partial charge in [-0.25, -0.2) is 9.97 Å². The maximum Gasteiger partial charge on any atom is 0.227 e. The molecule has 1 fully saturated rings. The van der Waals surface area contributed by atoms with Crippen molar-refractivity contribution in [1.82, 2.24) is 19.5 Å². The van der Waals surface area contributed by atoms with E-state index in [1.807, 2.05) is 23.7 Å². The molecule has 1 aliphatic heterocycles. The first-order valence-corrected chi connectivity index (χ1v) is 11.9. The molecule has 4 aromatic rings. The quantitative estimate of drug-likeness (QED) is 0.429. The third-order valence-corrected chi connectivity index (χ3v) is 8.24. The summed E-state index contributed by atoms with van der Waals surface area (Å²) in [5.74, 6) is 1.45. The molecule has 0 saturated carbocycles. The van der Waals surface area contributed by atoms with E-state index in [9.17, 15) is 0 Å². The van der Waals surface area contributed by atoms with Crippen LogP contribution in [0.3, 0.4) is 0 Å².